The summed E-state index contributed by atoms with van der Waals surface area (Å²) in [6, 6.07) is 16.3. The monoisotopic (exact) mass is 388 g/mol. The van der Waals surface area contributed by atoms with E-state index in [2.05, 4.69) is 34.5 Å². The Balaban J connectivity index is 1.63. The number of esters is 1. The molecule has 146 valence electrons. The minimum absolute atomic E-state index is 0.237. The average molecular weight is 388 g/mol. The van der Waals surface area contributed by atoms with Crippen LogP contribution in [0.5, 0.6) is 11.5 Å². The normalized spacial score (nSPS) is 19.1. The quantitative estimate of drug-likeness (QED) is 0.687. The zero-order valence-electron chi connectivity index (χ0n) is 16.0. The van der Waals surface area contributed by atoms with E-state index in [4.69, 9.17) is 14.2 Å². The lowest BCUT2D eigenvalue weighted by atomic mass is 9.68. The number of hydrogen-bond acceptors (Lipinski definition) is 5. The molecular formula is C23H20N2O4. The summed E-state index contributed by atoms with van der Waals surface area (Å²) >= 11 is 0. The highest BCUT2D eigenvalue weighted by Gasteiger charge is 2.38. The summed E-state index contributed by atoms with van der Waals surface area (Å²) in [7, 11) is 0. The molecule has 1 aromatic heterocycles. The molecule has 0 saturated carbocycles. The van der Waals surface area contributed by atoms with Crippen molar-refractivity contribution in [3.63, 3.8) is 0 Å². The number of nitrogens with one attached hydrogen (secondary N) is 1. The molecule has 1 aliphatic carbocycles. The topological polar surface area (TPSA) is 73.4 Å². The Morgan fingerprint density at radius 1 is 1.14 bits per heavy atom. The zero-order chi connectivity index (χ0) is 19.8. The van der Waals surface area contributed by atoms with Crippen LogP contribution in [0.3, 0.4) is 0 Å². The number of nitrogens with zero attached hydrogens (tertiary/aromatic N) is 1. The van der Waals surface area contributed by atoms with E-state index in [1.54, 1.807) is 6.92 Å². The Kier molecular flexibility index (Phi) is 4.12. The number of benzene rings is 2. The van der Waals surface area contributed by atoms with Crippen molar-refractivity contribution in [3.8, 4) is 11.5 Å². The zero-order valence-corrected chi connectivity index (χ0v) is 16.0. The maximum Gasteiger partial charge on any atom is 0.359 e. The summed E-state index contributed by atoms with van der Waals surface area (Å²) in [5.74, 6) is 1.09. The van der Waals surface area contributed by atoms with E-state index in [9.17, 15) is 4.79 Å². The van der Waals surface area contributed by atoms with Gasteiger partial charge in [0.15, 0.2) is 17.2 Å². The summed E-state index contributed by atoms with van der Waals surface area (Å²) in [5, 5.41) is 7.29. The molecule has 6 heteroatoms. The smallest absolute Gasteiger partial charge is 0.359 e. The molecule has 6 nitrogen and oxygen atoms in total. The van der Waals surface area contributed by atoms with Crippen molar-refractivity contribution in [1.82, 2.24) is 10.2 Å². The van der Waals surface area contributed by atoms with Crippen molar-refractivity contribution in [2.24, 2.45) is 0 Å². The number of aromatic nitrogens is 2. The van der Waals surface area contributed by atoms with Gasteiger partial charge in [0.05, 0.1) is 6.61 Å². The van der Waals surface area contributed by atoms with Crippen LogP contribution in [-0.2, 0) is 16.6 Å². The maximum atomic E-state index is 12.2. The first-order valence-electron chi connectivity index (χ1n) is 9.60. The van der Waals surface area contributed by atoms with Gasteiger partial charge in [-0.25, -0.2) is 4.79 Å². The number of ether oxygens (including phenoxy) is 3. The second kappa shape index (κ2) is 6.81. The Hall–Kier alpha value is -3.54. The predicted molar refractivity (Wildman–Crippen MR) is 107 cm³/mol. The number of allylic oxidation sites excluding steroid dienone is 1. The molecule has 2 aromatic carbocycles. The van der Waals surface area contributed by atoms with Crippen molar-refractivity contribution < 1.29 is 19.0 Å². The Morgan fingerprint density at radius 2 is 1.97 bits per heavy atom. The van der Waals surface area contributed by atoms with Crippen molar-refractivity contribution >= 4 is 12.0 Å². The number of fused-ring (bicyclic) bond motifs is 2. The lowest BCUT2D eigenvalue weighted by Crippen LogP contribution is -2.30. The molecule has 2 aliphatic rings. The number of carbonyl (C=O) groups is 1. The summed E-state index contributed by atoms with van der Waals surface area (Å²) in [5.41, 5.74) is 3.82. The van der Waals surface area contributed by atoms with E-state index in [1.165, 1.54) is 0 Å². The van der Waals surface area contributed by atoms with Crippen LogP contribution in [0.15, 0.2) is 54.6 Å². The van der Waals surface area contributed by atoms with Crippen LogP contribution in [0, 0.1) is 0 Å². The van der Waals surface area contributed by atoms with E-state index in [0.29, 0.717) is 18.7 Å². The van der Waals surface area contributed by atoms with Gasteiger partial charge in [0.25, 0.3) is 0 Å². The van der Waals surface area contributed by atoms with Crippen molar-refractivity contribution in [3.05, 3.63) is 82.7 Å². The molecular weight excluding hydrogens is 368 g/mol. The third-order valence-corrected chi connectivity index (χ3v) is 5.52. The molecule has 3 aromatic rings. The van der Waals surface area contributed by atoms with E-state index < -0.39 is 11.4 Å². The summed E-state index contributed by atoms with van der Waals surface area (Å²) in [4.78, 5) is 12.2. The number of aromatic amines is 1. The van der Waals surface area contributed by atoms with Gasteiger partial charge in [0, 0.05) is 23.1 Å². The Bertz CT molecular complexity index is 1100. The largest absolute Gasteiger partial charge is 0.461 e. The van der Waals surface area contributed by atoms with E-state index in [0.717, 1.165) is 33.9 Å². The minimum Gasteiger partial charge on any atom is -0.461 e. The van der Waals surface area contributed by atoms with Crippen LogP contribution < -0.4 is 9.47 Å². The molecule has 1 aliphatic heterocycles. The highest BCUT2D eigenvalue weighted by molar-refractivity contribution is 5.92. The van der Waals surface area contributed by atoms with Gasteiger partial charge < -0.3 is 14.2 Å². The second-order valence-electron chi connectivity index (χ2n) is 7.10. The van der Waals surface area contributed by atoms with Crippen LogP contribution >= 0.6 is 0 Å². The summed E-state index contributed by atoms with van der Waals surface area (Å²) < 4.78 is 16.2. The highest BCUT2D eigenvalue weighted by Crippen LogP contribution is 2.44. The van der Waals surface area contributed by atoms with Crippen LogP contribution in [-0.4, -0.2) is 29.6 Å². The van der Waals surface area contributed by atoms with Crippen LogP contribution in [0.25, 0.3) is 6.08 Å². The number of H-pyrrole nitrogens is 1. The molecule has 0 bridgehead atoms. The number of hydrogen-bond donors (Lipinski definition) is 1. The number of carbonyl (C=O) groups excluding carboxylic acids is 1. The molecule has 0 amide bonds. The molecule has 1 atom stereocenters. The molecule has 2 heterocycles. The first-order valence-corrected chi connectivity index (χ1v) is 9.60. The van der Waals surface area contributed by atoms with Crippen LogP contribution in [0.2, 0.25) is 0 Å². The predicted octanol–water partition coefficient (Wildman–Crippen LogP) is 3.87. The molecule has 1 N–H and O–H groups in total. The lowest BCUT2D eigenvalue weighted by molar-refractivity contribution is 0.0519. The highest BCUT2D eigenvalue weighted by atomic mass is 16.7. The fourth-order valence-corrected chi connectivity index (χ4v) is 4.09. The van der Waals surface area contributed by atoms with E-state index in [-0.39, 0.29) is 6.79 Å². The third-order valence-electron chi connectivity index (χ3n) is 5.52. The first kappa shape index (κ1) is 17.6. The fourth-order valence-electron chi connectivity index (χ4n) is 4.09. The van der Waals surface area contributed by atoms with Gasteiger partial charge in [-0.1, -0.05) is 48.6 Å². The SMILES string of the molecule is CCOC(=O)c1n[nH]c2c1C=CC(c1ccccc1)(c1ccc3c(c1)OCO3)C2. The van der Waals surface area contributed by atoms with Crippen molar-refractivity contribution in [2.45, 2.75) is 18.8 Å². The van der Waals surface area contributed by atoms with E-state index in [1.807, 2.05) is 36.4 Å². The Labute approximate surface area is 168 Å². The third kappa shape index (κ3) is 2.79. The van der Waals surface area contributed by atoms with Gasteiger partial charge >= 0.3 is 5.97 Å². The van der Waals surface area contributed by atoms with Gasteiger partial charge in [-0.05, 0) is 30.2 Å². The van der Waals surface area contributed by atoms with Crippen molar-refractivity contribution in [1.29, 1.82) is 0 Å². The lowest BCUT2D eigenvalue weighted by Gasteiger charge is -2.34. The average Bonchev–Trinajstić information content (AvgIpc) is 3.40. The van der Waals surface area contributed by atoms with E-state index >= 15 is 0 Å². The fraction of sp³-hybridized carbons (Fsp3) is 0.217. The van der Waals surface area contributed by atoms with Crippen molar-refractivity contribution in [2.75, 3.05) is 13.4 Å². The van der Waals surface area contributed by atoms with Gasteiger partial charge in [-0.15, -0.1) is 0 Å². The molecule has 1 unspecified atom stereocenters. The van der Waals surface area contributed by atoms with Gasteiger partial charge in [0.2, 0.25) is 6.79 Å². The minimum atomic E-state index is -0.423. The maximum absolute atomic E-state index is 12.2. The second-order valence-corrected chi connectivity index (χ2v) is 7.10. The first-order chi connectivity index (χ1) is 14.2. The molecule has 0 spiro atoms. The summed E-state index contributed by atoms with van der Waals surface area (Å²) in [6.45, 7) is 2.34. The number of rotatable bonds is 4. The van der Waals surface area contributed by atoms with Crippen LogP contribution in [0.1, 0.15) is 39.8 Å². The molecule has 0 fully saturated rings. The molecule has 0 saturated heterocycles. The molecule has 5 rings (SSSR count). The van der Waals surface area contributed by atoms with Gasteiger partial charge in [0.1, 0.15) is 0 Å². The molecule has 0 radical (unpaired) electrons. The van der Waals surface area contributed by atoms with Gasteiger partial charge in [-0.2, -0.15) is 5.10 Å². The summed E-state index contributed by atoms with van der Waals surface area (Å²) in [6.07, 6.45) is 4.74. The Morgan fingerprint density at radius 3 is 2.79 bits per heavy atom. The van der Waals surface area contributed by atoms with Crippen LogP contribution in [0.4, 0.5) is 0 Å². The van der Waals surface area contributed by atoms with Gasteiger partial charge in [-0.3, -0.25) is 5.10 Å². The molecule has 29 heavy (non-hydrogen) atoms. The standard InChI is InChI=1S/C23H20N2O4/c1-2-27-22(26)21-17-10-11-23(13-18(17)24-25-21,15-6-4-3-5-7-15)16-8-9-19-20(12-16)29-14-28-19/h3-12H,2,13-14H2,1H3,(H,24,25).